The molecule has 0 aromatic heterocycles. The number of ether oxygens (including phenoxy) is 2. The van der Waals surface area contributed by atoms with Gasteiger partial charge in [-0.05, 0) is 44.1 Å². The van der Waals surface area contributed by atoms with Crippen LogP contribution in [0.15, 0.2) is 36.5 Å². The van der Waals surface area contributed by atoms with Crippen molar-refractivity contribution in [2.24, 2.45) is 11.8 Å². The summed E-state index contributed by atoms with van der Waals surface area (Å²) in [6, 6.07) is 0. The maximum Gasteiger partial charge on any atom is 0.306 e. The molecule has 336 valence electrons. The van der Waals surface area contributed by atoms with E-state index in [1.165, 1.54) is 70.6 Å². The molecule has 12 heteroatoms. The number of esters is 2. The molecule has 0 aromatic rings. The van der Waals surface area contributed by atoms with Crippen LogP contribution in [-0.2, 0) is 37.5 Å². The predicted molar refractivity (Wildman–Crippen MR) is 231 cm³/mol. The number of hydrogen-bond acceptors (Lipinski definition) is 10. The number of aliphatic hydroxyl groups is 1. The van der Waals surface area contributed by atoms with Crippen LogP contribution in [0.3, 0.4) is 0 Å². The molecule has 1 aliphatic rings. The zero-order chi connectivity index (χ0) is 42.9. The van der Waals surface area contributed by atoms with Crippen molar-refractivity contribution in [3.8, 4) is 0 Å². The SMILES string of the molecule is CCCCCCCCCCCCCCCCCC(=O)O[C@H](COC(=O)CCC/C=C\C[C@H]1C=CC(=O)[C@@H]1/C=C/[C@@H](O)CCCCC)COP(=O)([O-])OCC[N+](C)(C)C. The monoisotopic (exact) mass is 840 g/mol. The van der Waals surface area contributed by atoms with E-state index in [2.05, 4.69) is 13.8 Å². The largest absolute Gasteiger partial charge is 0.756 e. The van der Waals surface area contributed by atoms with E-state index in [0.29, 0.717) is 43.1 Å². The number of unbranched alkanes of at least 4 members (excludes halogenated alkanes) is 17. The van der Waals surface area contributed by atoms with E-state index in [4.69, 9.17) is 18.5 Å². The van der Waals surface area contributed by atoms with Crippen molar-refractivity contribution in [2.45, 2.75) is 180 Å². The molecule has 0 aromatic carbocycles. The molecule has 0 radical (unpaired) electrons. The molecule has 0 heterocycles. The van der Waals surface area contributed by atoms with Crippen LogP contribution in [-0.4, -0.2) is 87.0 Å². The van der Waals surface area contributed by atoms with Gasteiger partial charge in [-0.25, -0.2) is 0 Å². The molecule has 11 nitrogen and oxygen atoms in total. The Morgan fingerprint density at radius 2 is 1.36 bits per heavy atom. The summed E-state index contributed by atoms with van der Waals surface area (Å²) in [5, 5.41) is 10.2. The van der Waals surface area contributed by atoms with Gasteiger partial charge in [0.1, 0.15) is 19.8 Å². The summed E-state index contributed by atoms with van der Waals surface area (Å²) in [6.45, 7) is 3.91. The zero-order valence-electron chi connectivity index (χ0n) is 37.1. The quantitative estimate of drug-likeness (QED) is 0.0209. The van der Waals surface area contributed by atoms with Crippen molar-refractivity contribution in [2.75, 3.05) is 47.5 Å². The van der Waals surface area contributed by atoms with Gasteiger partial charge in [0.05, 0.1) is 33.9 Å². The summed E-state index contributed by atoms with van der Waals surface area (Å²) < 4.78 is 33.9. The minimum absolute atomic E-state index is 0.0290. The van der Waals surface area contributed by atoms with Crippen molar-refractivity contribution in [1.82, 2.24) is 0 Å². The number of allylic oxidation sites excluding steroid dienone is 5. The molecule has 58 heavy (non-hydrogen) atoms. The molecule has 1 aliphatic carbocycles. The van der Waals surface area contributed by atoms with Crippen molar-refractivity contribution in [3.63, 3.8) is 0 Å². The number of hydrogen-bond donors (Lipinski definition) is 1. The molecule has 0 amide bonds. The van der Waals surface area contributed by atoms with Crippen LogP contribution in [0.2, 0.25) is 0 Å². The van der Waals surface area contributed by atoms with Gasteiger partial charge in [0, 0.05) is 18.8 Å². The van der Waals surface area contributed by atoms with Crippen LogP contribution < -0.4 is 4.89 Å². The lowest BCUT2D eigenvalue weighted by Gasteiger charge is -2.28. The number of carbonyl (C=O) groups is 3. The normalized spacial score (nSPS) is 17.9. The third-order valence-corrected chi connectivity index (χ3v) is 11.4. The Kier molecular flexibility index (Phi) is 31.2. The number of aliphatic hydroxyl groups excluding tert-OH is 1. The fourth-order valence-electron chi connectivity index (χ4n) is 6.70. The van der Waals surface area contributed by atoms with Crippen molar-refractivity contribution in [1.29, 1.82) is 0 Å². The fraction of sp³-hybridized carbons (Fsp3) is 0.804. The van der Waals surface area contributed by atoms with Crippen LogP contribution in [0.1, 0.15) is 168 Å². The fourth-order valence-corrected chi connectivity index (χ4v) is 7.43. The summed E-state index contributed by atoms with van der Waals surface area (Å²) in [7, 11) is 1.06. The minimum Gasteiger partial charge on any atom is -0.756 e. The first-order valence-corrected chi connectivity index (χ1v) is 24.2. The second-order valence-corrected chi connectivity index (χ2v) is 18.5. The predicted octanol–water partition coefficient (Wildman–Crippen LogP) is 9.90. The lowest BCUT2D eigenvalue weighted by Crippen LogP contribution is -2.37. The molecule has 1 unspecified atom stereocenters. The molecule has 1 N–H and O–H groups in total. The number of carbonyl (C=O) groups excluding carboxylic acids is 3. The average Bonchev–Trinajstić information content (AvgIpc) is 3.52. The van der Waals surface area contributed by atoms with Crippen molar-refractivity contribution < 1.29 is 52.0 Å². The Balaban J connectivity index is 2.44. The lowest BCUT2D eigenvalue weighted by atomic mass is 9.90. The molecular formula is C46H82NO10P. The van der Waals surface area contributed by atoms with Crippen LogP contribution in [0.25, 0.3) is 0 Å². The number of likely N-dealkylation sites (N-methyl/N-ethyl adjacent to an activating group) is 1. The topological polar surface area (TPSA) is 148 Å². The molecule has 0 saturated carbocycles. The number of nitrogens with zero attached hydrogens (tertiary/aromatic N) is 1. The Morgan fingerprint density at radius 3 is 1.97 bits per heavy atom. The summed E-state index contributed by atoms with van der Waals surface area (Å²) in [5.74, 6) is -1.19. The van der Waals surface area contributed by atoms with Gasteiger partial charge < -0.3 is 33.0 Å². The highest BCUT2D eigenvalue weighted by Gasteiger charge is 2.27. The number of quaternary nitrogens is 1. The highest BCUT2D eigenvalue weighted by molar-refractivity contribution is 7.45. The Labute approximate surface area is 352 Å². The van der Waals surface area contributed by atoms with E-state index >= 15 is 0 Å². The molecule has 0 aliphatic heterocycles. The summed E-state index contributed by atoms with van der Waals surface area (Å²) in [4.78, 5) is 50.1. The average molecular weight is 840 g/mol. The number of phosphoric acid groups is 1. The molecule has 0 fully saturated rings. The molecule has 5 atom stereocenters. The maximum absolute atomic E-state index is 12.7. The maximum atomic E-state index is 12.7. The van der Waals surface area contributed by atoms with E-state index in [1.807, 2.05) is 45.4 Å². The first kappa shape index (κ1) is 53.9. The molecule has 1 rings (SSSR count). The van der Waals surface area contributed by atoms with E-state index in [0.717, 1.165) is 38.5 Å². The number of ketones is 1. The Morgan fingerprint density at radius 1 is 0.793 bits per heavy atom. The third-order valence-electron chi connectivity index (χ3n) is 10.4. The van der Waals surface area contributed by atoms with Crippen LogP contribution in [0.4, 0.5) is 0 Å². The van der Waals surface area contributed by atoms with Gasteiger partial charge in [0.2, 0.25) is 0 Å². The molecule has 0 spiro atoms. The number of phosphoric ester groups is 1. The highest BCUT2D eigenvalue weighted by Crippen LogP contribution is 2.38. The molecule has 0 bridgehead atoms. The summed E-state index contributed by atoms with van der Waals surface area (Å²) in [5.41, 5.74) is 0. The minimum atomic E-state index is -4.67. The van der Waals surface area contributed by atoms with Gasteiger partial charge in [-0.1, -0.05) is 153 Å². The van der Waals surface area contributed by atoms with E-state index in [9.17, 15) is 28.9 Å². The van der Waals surface area contributed by atoms with Gasteiger partial charge in [0.25, 0.3) is 7.82 Å². The summed E-state index contributed by atoms with van der Waals surface area (Å²) in [6.07, 6.45) is 33.7. The Hall–Kier alpha value is -2.14. The standard InChI is InChI=1S/C46H82NO10P/c1-6-8-10-11-12-13-14-15-16-17-18-19-20-21-27-31-46(51)57-42(39-56-58(52,53)55-37-36-47(3,4)5)38-54-45(50)30-26-23-22-25-28-40-32-35-44(49)43(40)34-33-41(48)29-24-9-7-2/h22,25,32-35,40-43,48H,6-21,23-24,26-31,36-39H2,1-5H3/b25-22-,34-33+/t40-,41-,42+,43+/m0/s1. The van der Waals surface area contributed by atoms with Crippen LogP contribution >= 0.6 is 7.82 Å². The van der Waals surface area contributed by atoms with Crippen molar-refractivity contribution >= 4 is 25.5 Å². The Bertz CT molecular complexity index is 1230. The van der Waals surface area contributed by atoms with Gasteiger partial charge in [-0.15, -0.1) is 0 Å². The van der Waals surface area contributed by atoms with Crippen LogP contribution in [0, 0.1) is 11.8 Å². The first-order valence-electron chi connectivity index (χ1n) is 22.8. The van der Waals surface area contributed by atoms with E-state index < -0.39 is 38.6 Å². The van der Waals surface area contributed by atoms with Crippen molar-refractivity contribution in [3.05, 3.63) is 36.5 Å². The third kappa shape index (κ3) is 30.8. The first-order chi connectivity index (χ1) is 27.8. The van der Waals surface area contributed by atoms with E-state index in [-0.39, 0.29) is 43.7 Å². The van der Waals surface area contributed by atoms with Gasteiger partial charge in [0.15, 0.2) is 11.9 Å². The van der Waals surface area contributed by atoms with Gasteiger partial charge in [-0.2, -0.15) is 0 Å². The molecular weight excluding hydrogens is 757 g/mol. The zero-order valence-corrected chi connectivity index (χ0v) is 38.0. The van der Waals surface area contributed by atoms with Crippen LogP contribution in [0.5, 0.6) is 0 Å². The smallest absolute Gasteiger partial charge is 0.306 e. The van der Waals surface area contributed by atoms with Gasteiger partial charge in [-0.3, -0.25) is 18.9 Å². The number of rotatable bonds is 38. The van der Waals surface area contributed by atoms with Gasteiger partial charge >= 0.3 is 11.9 Å². The second kappa shape index (κ2) is 33.6. The second-order valence-electron chi connectivity index (χ2n) is 17.1. The lowest BCUT2D eigenvalue weighted by molar-refractivity contribution is -0.870. The highest BCUT2D eigenvalue weighted by atomic mass is 31.2. The summed E-state index contributed by atoms with van der Waals surface area (Å²) >= 11 is 0. The van der Waals surface area contributed by atoms with E-state index in [1.54, 1.807) is 12.2 Å². The molecule has 0 saturated heterocycles.